The summed E-state index contributed by atoms with van der Waals surface area (Å²) in [5, 5.41) is -1.44. The van der Waals surface area contributed by atoms with Gasteiger partial charge in [-0.15, -0.1) is 0 Å². The zero-order chi connectivity index (χ0) is 31.7. The van der Waals surface area contributed by atoms with E-state index in [1.807, 2.05) is 0 Å². The zero-order valence-electron chi connectivity index (χ0n) is 21.6. The Morgan fingerprint density at radius 1 is 1.02 bits per heavy atom. The van der Waals surface area contributed by atoms with Gasteiger partial charge >= 0.3 is 24.5 Å². The summed E-state index contributed by atoms with van der Waals surface area (Å²) in [6.45, 7) is 4.33. The highest BCUT2D eigenvalue weighted by Gasteiger charge is 2.44. The monoisotopic (exact) mass is 689 g/mol. The Hall–Kier alpha value is -2.53. The lowest BCUT2D eigenvalue weighted by Crippen LogP contribution is -2.45. The molecular weight excluding hydrogens is 669 g/mol. The second-order valence-corrected chi connectivity index (χ2v) is 9.83. The molecule has 2 rings (SSSR count). The van der Waals surface area contributed by atoms with Crippen LogP contribution in [0.4, 0.5) is 51.1 Å². The molecule has 41 heavy (non-hydrogen) atoms. The minimum absolute atomic E-state index is 0.0734. The molecule has 0 radical (unpaired) electrons. The molecule has 0 saturated heterocycles. The average Bonchev–Trinajstić information content (AvgIpc) is 2.81. The maximum Gasteiger partial charge on any atom is 0.434 e. The smallest absolute Gasteiger partial charge is 0.434 e. The van der Waals surface area contributed by atoms with Gasteiger partial charge < -0.3 is 9.47 Å². The van der Waals surface area contributed by atoms with Gasteiger partial charge in [0.2, 0.25) is 12.2 Å². The molecule has 0 bridgehead atoms. The zero-order valence-corrected chi connectivity index (χ0v) is 23.9. The Morgan fingerprint density at radius 3 is 2.05 bits per heavy atom. The van der Waals surface area contributed by atoms with Crippen LogP contribution in [-0.4, -0.2) is 35.0 Å². The topological polar surface area (TPSA) is 73.7 Å². The Labute approximate surface area is 240 Å². The fraction of sp³-hybridized carbons (Fsp3) is 0.522. The third-order valence-electron chi connectivity index (χ3n) is 5.12. The van der Waals surface area contributed by atoms with Gasteiger partial charge in [0.1, 0.15) is 4.47 Å². The molecule has 230 valence electrons. The molecule has 1 aromatic carbocycles. The molecule has 1 aromatic heterocycles. The fourth-order valence-corrected chi connectivity index (χ4v) is 4.37. The van der Waals surface area contributed by atoms with Crippen LogP contribution in [0, 0.1) is 5.92 Å². The summed E-state index contributed by atoms with van der Waals surface area (Å²) in [5.74, 6) is -3.15. The Balaban J connectivity index is 3.27. The molecule has 1 atom stereocenters. The molecule has 0 fully saturated rings. The number of esters is 1. The Kier molecular flexibility index (Phi) is 10.8. The summed E-state index contributed by atoms with van der Waals surface area (Å²) < 4.78 is 134. The summed E-state index contributed by atoms with van der Waals surface area (Å²) >= 11 is 8.49. The van der Waals surface area contributed by atoms with Crippen molar-refractivity contribution in [1.29, 1.82) is 0 Å². The van der Waals surface area contributed by atoms with E-state index in [1.165, 1.54) is 27.7 Å². The molecule has 1 heterocycles. The van der Waals surface area contributed by atoms with Gasteiger partial charge in [-0.3, -0.25) is 14.3 Å². The van der Waals surface area contributed by atoms with E-state index in [1.54, 1.807) is 0 Å². The third-order valence-corrected chi connectivity index (χ3v) is 6.23. The molecule has 0 saturated carbocycles. The number of anilines is 2. The lowest BCUT2D eigenvalue weighted by atomic mass is 10.1. The number of ether oxygens (including phenoxy) is 2. The number of carbonyl (C=O) groups excluding carboxylic acids is 1. The van der Waals surface area contributed by atoms with Crippen molar-refractivity contribution in [3.8, 4) is 0 Å². The van der Waals surface area contributed by atoms with Gasteiger partial charge in [-0.25, -0.2) is 9.78 Å². The number of alkyl halides is 9. The van der Waals surface area contributed by atoms with E-state index >= 15 is 0 Å². The predicted molar refractivity (Wildman–Crippen MR) is 132 cm³/mol. The number of carbonyl (C=O) groups is 1. The molecule has 0 aliphatic heterocycles. The average molecular weight is 691 g/mol. The summed E-state index contributed by atoms with van der Waals surface area (Å²) in [7, 11) is 0. The van der Waals surface area contributed by atoms with E-state index < -0.39 is 93.3 Å². The van der Waals surface area contributed by atoms with E-state index in [4.69, 9.17) is 21.1 Å². The van der Waals surface area contributed by atoms with Gasteiger partial charge in [0.25, 0.3) is 5.56 Å². The van der Waals surface area contributed by atoms with Crippen LogP contribution in [-0.2, 0) is 39.3 Å². The Bertz CT molecular complexity index is 1330. The SMILES string of the molecule is CCOC(=O)C(OCC)N(c1cc(C(F)(F)F)cc(C(F)(F)F)c1Cl)c1nc(C(F)(F)F)c(Br)c(=O)n1CC(C)C. The van der Waals surface area contributed by atoms with Gasteiger partial charge in [0.15, 0.2) is 5.69 Å². The van der Waals surface area contributed by atoms with Crippen LogP contribution in [0.15, 0.2) is 21.4 Å². The van der Waals surface area contributed by atoms with E-state index in [2.05, 4.69) is 20.9 Å². The summed E-state index contributed by atoms with van der Waals surface area (Å²) in [4.78, 5) is 29.7. The molecule has 2 aromatic rings. The minimum Gasteiger partial charge on any atom is -0.463 e. The maximum absolute atomic E-state index is 13.9. The summed E-state index contributed by atoms with van der Waals surface area (Å²) in [6, 6.07) is -0.231. The number of rotatable bonds is 9. The minimum atomic E-state index is -5.49. The highest BCUT2D eigenvalue weighted by molar-refractivity contribution is 9.10. The molecule has 0 aliphatic rings. The van der Waals surface area contributed by atoms with Gasteiger partial charge in [0.05, 0.1) is 28.4 Å². The van der Waals surface area contributed by atoms with Crippen LogP contribution in [0.1, 0.15) is 44.5 Å². The van der Waals surface area contributed by atoms with Crippen molar-refractivity contribution in [3.63, 3.8) is 0 Å². The van der Waals surface area contributed by atoms with Crippen molar-refractivity contribution in [2.75, 3.05) is 18.1 Å². The number of benzene rings is 1. The molecule has 0 N–H and O–H groups in total. The lowest BCUT2D eigenvalue weighted by molar-refractivity contribution is -0.155. The van der Waals surface area contributed by atoms with E-state index in [0.717, 1.165) is 0 Å². The maximum atomic E-state index is 13.9. The van der Waals surface area contributed by atoms with Crippen molar-refractivity contribution in [1.82, 2.24) is 9.55 Å². The molecule has 0 amide bonds. The molecule has 18 heteroatoms. The van der Waals surface area contributed by atoms with Crippen LogP contribution in [0.25, 0.3) is 0 Å². The van der Waals surface area contributed by atoms with Crippen LogP contribution in [0.5, 0.6) is 0 Å². The largest absolute Gasteiger partial charge is 0.463 e. The summed E-state index contributed by atoms with van der Waals surface area (Å²) in [5.41, 5.74) is -8.50. The number of halogens is 11. The molecule has 0 spiro atoms. The molecule has 0 aliphatic carbocycles. The van der Waals surface area contributed by atoms with Gasteiger partial charge in [0, 0.05) is 13.2 Å². The first kappa shape index (κ1) is 34.7. The highest BCUT2D eigenvalue weighted by atomic mass is 79.9. The predicted octanol–water partition coefficient (Wildman–Crippen LogP) is 7.44. The van der Waals surface area contributed by atoms with Crippen molar-refractivity contribution in [2.45, 2.75) is 59.0 Å². The van der Waals surface area contributed by atoms with E-state index in [-0.39, 0.29) is 23.6 Å². The quantitative estimate of drug-likeness (QED) is 0.155. The first-order chi connectivity index (χ1) is 18.7. The fourth-order valence-electron chi connectivity index (χ4n) is 3.53. The van der Waals surface area contributed by atoms with Crippen molar-refractivity contribution in [3.05, 3.63) is 48.8 Å². The Morgan fingerprint density at radius 2 is 1.61 bits per heavy atom. The van der Waals surface area contributed by atoms with Crippen molar-refractivity contribution < 1.29 is 53.8 Å². The number of hydrogen-bond acceptors (Lipinski definition) is 6. The van der Waals surface area contributed by atoms with Crippen LogP contribution < -0.4 is 10.5 Å². The molecular formula is C23H22BrClF9N3O4. The lowest BCUT2D eigenvalue weighted by Gasteiger charge is -2.34. The van der Waals surface area contributed by atoms with Gasteiger partial charge in [-0.05, 0) is 47.8 Å². The number of hydrogen-bond donors (Lipinski definition) is 0. The van der Waals surface area contributed by atoms with Crippen molar-refractivity contribution in [2.24, 2.45) is 5.92 Å². The third kappa shape index (κ3) is 7.85. The van der Waals surface area contributed by atoms with Gasteiger partial charge in [-0.2, -0.15) is 39.5 Å². The number of nitrogens with zero attached hydrogens (tertiary/aromatic N) is 3. The van der Waals surface area contributed by atoms with Crippen LogP contribution in [0.2, 0.25) is 5.02 Å². The standard InChI is InChI=1S/C23H22BrClF9N3O4/c1-5-40-18(19(39)41-6-2)37(13-8-11(21(26,27)28)7-12(15(13)25)22(29,30)31)20-35-16(23(32,33)34)14(24)17(38)36(20)9-10(3)4/h7-8,10,18H,5-6,9H2,1-4H3. The van der Waals surface area contributed by atoms with Gasteiger partial charge in [-0.1, -0.05) is 25.4 Å². The van der Waals surface area contributed by atoms with E-state index in [9.17, 15) is 49.1 Å². The second-order valence-electron chi connectivity index (χ2n) is 8.66. The molecule has 7 nitrogen and oxygen atoms in total. The van der Waals surface area contributed by atoms with Crippen molar-refractivity contribution >= 4 is 45.1 Å². The highest BCUT2D eigenvalue weighted by Crippen LogP contribution is 2.46. The van der Waals surface area contributed by atoms with Crippen LogP contribution in [0.3, 0.4) is 0 Å². The number of aromatic nitrogens is 2. The molecule has 1 unspecified atom stereocenters. The normalized spacial score (nSPS) is 13.5. The van der Waals surface area contributed by atoms with E-state index in [0.29, 0.717) is 4.57 Å². The first-order valence-corrected chi connectivity index (χ1v) is 12.8. The first-order valence-electron chi connectivity index (χ1n) is 11.6. The van der Waals surface area contributed by atoms with Crippen LogP contribution >= 0.6 is 27.5 Å². The second kappa shape index (κ2) is 12.8. The summed E-state index contributed by atoms with van der Waals surface area (Å²) in [6.07, 6.45) is -18.6.